The summed E-state index contributed by atoms with van der Waals surface area (Å²) in [5, 5.41) is 8.50. The molecule has 0 aliphatic carbocycles. The third-order valence-corrected chi connectivity index (χ3v) is 2.01. The Balaban J connectivity index is 2.78. The molecule has 1 aromatic carbocycles. The van der Waals surface area contributed by atoms with Gasteiger partial charge in [-0.05, 0) is 29.5 Å². The van der Waals surface area contributed by atoms with Crippen molar-refractivity contribution in [1.82, 2.24) is 0 Å². The molecule has 1 N–H and O–H groups in total. The summed E-state index contributed by atoms with van der Waals surface area (Å²) in [6, 6.07) is 7.96. The predicted octanol–water partition coefficient (Wildman–Crippen LogP) is 2.98. The lowest BCUT2D eigenvalue weighted by Crippen LogP contribution is -1.94. The van der Waals surface area contributed by atoms with Gasteiger partial charge in [0.15, 0.2) is 0 Å². The van der Waals surface area contributed by atoms with Gasteiger partial charge in [0.25, 0.3) is 0 Å². The minimum atomic E-state index is -0.913. The van der Waals surface area contributed by atoms with Gasteiger partial charge in [-0.3, -0.25) is 0 Å². The zero-order valence-corrected chi connectivity index (χ0v) is 9.10. The average molecular weight is 204 g/mol. The fourth-order valence-electron chi connectivity index (χ4n) is 1.46. The number of carboxylic acids is 1. The van der Waals surface area contributed by atoms with Gasteiger partial charge in [-0.1, -0.05) is 38.1 Å². The van der Waals surface area contributed by atoms with Crippen LogP contribution in [0.4, 0.5) is 0 Å². The lowest BCUT2D eigenvalue weighted by molar-refractivity contribution is -0.131. The molecule has 1 aromatic rings. The number of hydrogen-bond acceptors (Lipinski definition) is 1. The van der Waals surface area contributed by atoms with E-state index in [4.69, 9.17) is 5.11 Å². The van der Waals surface area contributed by atoms with Crippen LogP contribution in [0.3, 0.4) is 0 Å². The Labute approximate surface area is 90.3 Å². The zero-order valence-electron chi connectivity index (χ0n) is 9.10. The molecule has 0 unspecified atom stereocenters. The van der Waals surface area contributed by atoms with E-state index in [2.05, 4.69) is 19.9 Å². The highest BCUT2D eigenvalue weighted by atomic mass is 16.4. The van der Waals surface area contributed by atoms with Gasteiger partial charge < -0.3 is 5.11 Å². The second-order valence-electron chi connectivity index (χ2n) is 4.01. The van der Waals surface area contributed by atoms with Gasteiger partial charge >= 0.3 is 5.97 Å². The van der Waals surface area contributed by atoms with Crippen molar-refractivity contribution in [1.29, 1.82) is 0 Å². The Kier molecular flexibility index (Phi) is 4.10. The quantitative estimate of drug-likeness (QED) is 0.765. The van der Waals surface area contributed by atoms with E-state index < -0.39 is 5.97 Å². The number of rotatable bonds is 4. The second kappa shape index (κ2) is 5.35. The van der Waals surface area contributed by atoms with Crippen LogP contribution in [0.2, 0.25) is 0 Å². The molecule has 0 amide bonds. The van der Waals surface area contributed by atoms with Gasteiger partial charge in [-0.2, -0.15) is 0 Å². The summed E-state index contributed by atoms with van der Waals surface area (Å²) in [6.45, 7) is 4.33. The maximum atomic E-state index is 10.3. The minimum absolute atomic E-state index is 0.615. The number of carboxylic acid groups (broad SMARTS) is 1. The molecule has 0 aliphatic heterocycles. The van der Waals surface area contributed by atoms with Crippen molar-refractivity contribution in [3.05, 3.63) is 41.5 Å². The Morgan fingerprint density at radius 2 is 2.20 bits per heavy atom. The van der Waals surface area contributed by atoms with Crippen LogP contribution < -0.4 is 0 Å². The first-order valence-electron chi connectivity index (χ1n) is 5.08. The first kappa shape index (κ1) is 11.5. The van der Waals surface area contributed by atoms with Crippen molar-refractivity contribution in [3.63, 3.8) is 0 Å². The number of aliphatic carboxylic acids is 1. The van der Waals surface area contributed by atoms with Crippen molar-refractivity contribution in [3.8, 4) is 0 Å². The van der Waals surface area contributed by atoms with E-state index in [0.717, 1.165) is 18.1 Å². The smallest absolute Gasteiger partial charge is 0.328 e. The van der Waals surface area contributed by atoms with Gasteiger partial charge in [0, 0.05) is 6.08 Å². The average Bonchev–Trinajstić information content (AvgIpc) is 2.14. The van der Waals surface area contributed by atoms with Crippen LogP contribution in [0.15, 0.2) is 30.3 Å². The molecular formula is C13H16O2. The Morgan fingerprint density at radius 3 is 2.80 bits per heavy atom. The van der Waals surface area contributed by atoms with E-state index >= 15 is 0 Å². The molecular weight excluding hydrogens is 188 g/mol. The van der Waals surface area contributed by atoms with E-state index in [9.17, 15) is 4.79 Å². The number of carbonyl (C=O) groups is 1. The molecule has 0 fully saturated rings. The molecule has 0 radical (unpaired) electrons. The molecule has 80 valence electrons. The molecule has 0 saturated carbocycles. The minimum Gasteiger partial charge on any atom is -0.478 e. The largest absolute Gasteiger partial charge is 0.478 e. The van der Waals surface area contributed by atoms with Crippen LogP contribution in [-0.4, -0.2) is 11.1 Å². The highest BCUT2D eigenvalue weighted by molar-refractivity contribution is 5.85. The van der Waals surface area contributed by atoms with Gasteiger partial charge in [0.1, 0.15) is 0 Å². The lowest BCUT2D eigenvalue weighted by atomic mass is 10.0. The highest BCUT2D eigenvalue weighted by Crippen LogP contribution is 2.11. The van der Waals surface area contributed by atoms with E-state index in [0.29, 0.717) is 5.92 Å². The maximum absolute atomic E-state index is 10.3. The Bertz CT molecular complexity index is 365. The standard InChI is InChI=1S/C13H16O2/c1-10(2)8-12-5-3-4-11(9-12)6-7-13(14)15/h3-7,9-10H,8H2,1-2H3,(H,14,15)/b7-6+. The molecule has 0 aromatic heterocycles. The topological polar surface area (TPSA) is 37.3 Å². The second-order valence-corrected chi connectivity index (χ2v) is 4.01. The molecule has 0 bridgehead atoms. The van der Waals surface area contributed by atoms with Gasteiger partial charge in [0.05, 0.1) is 0 Å². The summed E-state index contributed by atoms with van der Waals surface area (Å²) in [4.78, 5) is 10.3. The van der Waals surface area contributed by atoms with Crippen LogP contribution >= 0.6 is 0 Å². The first-order valence-corrected chi connectivity index (χ1v) is 5.08. The van der Waals surface area contributed by atoms with E-state index in [1.54, 1.807) is 6.08 Å². The van der Waals surface area contributed by atoms with Crippen LogP contribution in [-0.2, 0) is 11.2 Å². The summed E-state index contributed by atoms with van der Waals surface area (Å²) in [5.74, 6) is -0.298. The fraction of sp³-hybridized carbons (Fsp3) is 0.308. The summed E-state index contributed by atoms with van der Waals surface area (Å²) < 4.78 is 0. The summed E-state index contributed by atoms with van der Waals surface area (Å²) in [7, 11) is 0. The van der Waals surface area contributed by atoms with Gasteiger partial charge in [-0.25, -0.2) is 4.79 Å². The SMILES string of the molecule is CC(C)Cc1cccc(/C=C/C(=O)O)c1. The highest BCUT2D eigenvalue weighted by Gasteiger charge is 1.98. The maximum Gasteiger partial charge on any atom is 0.328 e. The van der Waals surface area contributed by atoms with Crippen molar-refractivity contribution in [2.24, 2.45) is 5.92 Å². The summed E-state index contributed by atoms with van der Waals surface area (Å²) >= 11 is 0. The van der Waals surface area contributed by atoms with E-state index in [1.165, 1.54) is 5.56 Å². The van der Waals surface area contributed by atoms with Crippen LogP contribution in [0.5, 0.6) is 0 Å². The fourth-order valence-corrected chi connectivity index (χ4v) is 1.46. The Hall–Kier alpha value is -1.57. The Morgan fingerprint density at radius 1 is 1.47 bits per heavy atom. The predicted molar refractivity (Wildman–Crippen MR) is 61.7 cm³/mol. The summed E-state index contributed by atoms with van der Waals surface area (Å²) in [6.07, 6.45) is 3.80. The van der Waals surface area contributed by atoms with Crippen molar-refractivity contribution >= 4 is 12.0 Å². The molecule has 0 aliphatic rings. The molecule has 0 heterocycles. The van der Waals surface area contributed by atoms with Crippen molar-refractivity contribution < 1.29 is 9.90 Å². The molecule has 15 heavy (non-hydrogen) atoms. The molecule has 0 spiro atoms. The van der Waals surface area contributed by atoms with E-state index in [-0.39, 0.29) is 0 Å². The summed E-state index contributed by atoms with van der Waals surface area (Å²) in [5.41, 5.74) is 2.19. The third-order valence-electron chi connectivity index (χ3n) is 2.01. The van der Waals surface area contributed by atoms with Crippen molar-refractivity contribution in [2.45, 2.75) is 20.3 Å². The molecule has 1 rings (SSSR count). The first-order chi connectivity index (χ1) is 7.08. The van der Waals surface area contributed by atoms with Crippen LogP contribution in [0.25, 0.3) is 6.08 Å². The van der Waals surface area contributed by atoms with Crippen LogP contribution in [0, 0.1) is 5.92 Å². The van der Waals surface area contributed by atoms with Gasteiger partial charge in [0.2, 0.25) is 0 Å². The monoisotopic (exact) mass is 204 g/mol. The number of benzene rings is 1. The van der Waals surface area contributed by atoms with Crippen LogP contribution in [0.1, 0.15) is 25.0 Å². The molecule has 0 atom stereocenters. The zero-order chi connectivity index (χ0) is 11.3. The molecule has 0 saturated heterocycles. The van der Waals surface area contributed by atoms with Crippen molar-refractivity contribution in [2.75, 3.05) is 0 Å². The molecule has 2 heteroatoms. The normalized spacial score (nSPS) is 11.1. The molecule has 2 nitrogen and oxygen atoms in total. The number of hydrogen-bond donors (Lipinski definition) is 1. The van der Waals surface area contributed by atoms with E-state index in [1.807, 2.05) is 18.2 Å². The third kappa shape index (κ3) is 4.45. The van der Waals surface area contributed by atoms with Gasteiger partial charge in [-0.15, -0.1) is 0 Å². The lowest BCUT2D eigenvalue weighted by Gasteiger charge is -2.05.